The van der Waals surface area contributed by atoms with Gasteiger partial charge in [0.05, 0.1) is 5.92 Å². The highest BCUT2D eigenvalue weighted by Gasteiger charge is 2.32. The number of ether oxygens (including phenoxy) is 1. The van der Waals surface area contributed by atoms with Gasteiger partial charge in [-0.1, -0.05) is 48.5 Å². The van der Waals surface area contributed by atoms with Crippen molar-refractivity contribution in [1.29, 1.82) is 0 Å². The van der Waals surface area contributed by atoms with Gasteiger partial charge in [0.1, 0.15) is 6.61 Å². The molecule has 34 heavy (non-hydrogen) atoms. The summed E-state index contributed by atoms with van der Waals surface area (Å²) in [6.07, 6.45) is 2.51. The van der Waals surface area contributed by atoms with Gasteiger partial charge in [0.15, 0.2) is 0 Å². The van der Waals surface area contributed by atoms with E-state index >= 15 is 0 Å². The predicted octanol–water partition coefficient (Wildman–Crippen LogP) is 4.41. The van der Waals surface area contributed by atoms with E-state index in [0.717, 1.165) is 0 Å². The number of hydrogen-bond acceptors (Lipinski definition) is 4. The van der Waals surface area contributed by atoms with Gasteiger partial charge in [0.25, 0.3) is 0 Å². The summed E-state index contributed by atoms with van der Waals surface area (Å²) in [4.78, 5) is 37.7. The molecule has 180 valence electrons. The highest BCUT2D eigenvalue weighted by molar-refractivity contribution is 5.79. The number of alkyl carbamates (subject to hydrolysis) is 1. The van der Waals surface area contributed by atoms with E-state index in [0.29, 0.717) is 38.6 Å². The molecule has 2 aromatic rings. The van der Waals surface area contributed by atoms with E-state index in [-0.39, 0.29) is 31.0 Å². The number of rotatable bonds is 8. The Labute approximate surface area is 200 Å². The summed E-state index contributed by atoms with van der Waals surface area (Å²) in [6, 6.07) is 16.5. The summed E-state index contributed by atoms with van der Waals surface area (Å²) < 4.78 is 5.53. The standard InChI is InChI=1S/C27H32N2O5/c1-18-13-14-19(26(31)32)16-29(18)25(30)12-6-7-15-28-27(33)34-17-24-22-10-4-2-8-20(22)21-9-3-5-11-23(21)24/h2-5,8-11,18-19,24H,6-7,12-17H2,1H3,(H,28,33)(H,31,32). The second-order valence-corrected chi connectivity index (χ2v) is 9.22. The number of unbranched alkanes of at least 4 members (excludes halogenated alkanes) is 1. The molecular formula is C27H32N2O5. The molecule has 2 N–H and O–H groups in total. The van der Waals surface area contributed by atoms with Crippen LogP contribution < -0.4 is 5.32 Å². The van der Waals surface area contributed by atoms with E-state index in [4.69, 9.17) is 4.74 Å². The monoisotopic (exact) mass is 464 g/mol. The highest BCUT2D eigenvalue weighted by atomic mass is 16.5. The normalized spacial score (nSPS) is 19.3. The molecule has 0 radical (unpaired) electrons. The van der Waals surface area contributed by atoms with E-state index in [1.807, 2.05) is 31.2 Å². The van der Waals surface area contributed by atoms with Crippen molar-refractivity contribution < 1.29 is 24.2 Å². The Morgan fingerprint density at radius 1 is 1.00 bits per heavy atom. The van der Waals surface area contributed by atoms with Crippen molar-refractivity contribution in [2.24, 2.45) is 5.92 Å². The summed E-state index contributed by atoms with van der Waals surface area (Å²) in [7, 11) is 0. The molecule has 0 spiro atoms. The first-order valence-electron chi connectivity index (χ1n) is 12.1. The number of benzene rings is 2. The number of carboxylic acid groups (broad SMARTS) is 1. The number of carbonyl (C=O) groups is 3. The topological polar surface area (TPSA) is 95.9 Å². The van der Waals surface area contributed by atoms with Crippen molar-refractivity contribution in [1.82, 2.24) is 10.2 Å². The van der Waals surface area contributed by atoms with Crippen LogP contribution in [0, 0.1) is 5.92 Å². The van der Waals surface area contributed by atoms with Gasteiger partial charge in [0.2, 0.25) is 5.91 Å². The molecular weight excluding hydrogens is 432 g/mol. The minimum Gasteiger partial charge on any atom is -0.481 e. The Hall–Kier alpha value is -3.35. The van der Waals surface area contributed by atoms with Crippen LogP contribution in [-0.4, -0.2) is 53.7 Å². The zero-order valence-electron chi connectivity index (χ0n) is 19.5. The number of carboxylic acids is 1. The van der Waals surface area contributed by atoms with Gasteiger partial charge in [0, 0.05) is 31.5 Å². The van der Waals surface area contributed by atoms with Crippen molar-refractivity contribution in [3.05, 3.63) is 59.7 Å². The first kappa shape index (κ1) is 23.8. The third kappa shape index (κ3) is 5.24. The molecule has 7 heteroatoms. The SMILES string of the molecule is CC1CCC(C(=O)O)CN1C(=O)CCCCNC(=O)OCC1c2ccccc2-c2ccccc21. The van der Waals surface area contributed by atoms with Crippen molar-refractivity contribution in [2.75, 3.05) is 19.7 Å². The maximum atomic E-state index is 12.5. The lowest BCUT2D eigenvalue weighted by Crippen LogP contribution is -2.47. The molecule has 1 fully saturated rings. The number of fused-ring (bicyclic) bond motifs is 3. The van der Waals surface area contributed by atoms with Crippen LogP contribution >= 0.6 is 0 Å². The van der Waals surface area contributed by atoms with Crippen LogP contribution in [-0.2, 0) is 14.3 Å². The molecule has 0 saturated carbocycles. The van der Waals surface area contributed by atoms with Gasteiger partial charge in [-0.2, -0.15) is 0 Å². The molecule has 4 rings (SSSR count). The van der Waals surface area contributed by atoms with Gasteiger partial charge in [-0.25, -0.2) is 4.79 Å². The predicted molar refractivity (Wildman–Crippen MR) is 128 cm³/mol. The zero-order chi connectivity index (χ0) is 24.1. The van der Waals surface area contributed by atoms with Gasteiger partial charge in [-0.05, 0) is 54.9 Å². The van der Waals surface area contributed by atoms with E-state index in [2.05, 4.69) is 29.6 Å². The Kier molecular flexibility index (Phi) is 7.50. The fraction of sp³-hybridized carbons (Fsp3) is 0.444. The largest absolute Gasteiger partial charge is 0.481 e. The van der Waals surface area contributed by atoms with Crippen LogP contribution in [0.3, 0.4) is 0 Å². The lowest BCUT2D eigenvalue weighted by Gasteiger charge is -2.36. The number of nitrogens with one attached hydrogen (secondary N) is 1. The lowest BCUT2D eigenvalue weighted by atomic mass is 9.93. The second-order valence-electron chi connectivity index (χ2n) is 9.22. The Morgan fingerprint density at radius 2 is 1.65 bits per heavy atom. The number of likely N-dealkylation sites (tertiary alicyclic amines) is 1. The molecule has 2 atom stereocenters. The van der Waals surface area contributed by atoms with E-state index in [1.54, 1.807) is 4.90 Å². The molecule has 2 unspecified atom stereocenters. The number of amides is 2. The van der Waals surface area contributed by atoms with Gasteiger partial charge in [-0.3, -0.25) is 9.59 Å². The van der Waals surface area contributed by atoms with Crippen molar-refractivity contribution >= 4 is 18.0 Å². The minimum atomic E-state index is -0.836. The number of carbonyl (C=O) groups excluding carboxylic acids is 2. The average molecular weight is 465 g/mol. The Bertz CT molecular complexity index is 1010. The summed E-state index contributed by atoms with van der Waals surface area (Å²) in [5.41, 5.74) is 4.73. The molecule has 1 saturated heterocycles. The first-order valence-corrected chi connectivity index (χ1v) is 12.1. The summed E-state index contributed by atoms with van der Waals surface area (Å²) in [5.74, 6) is -1.30. The first-order chi connectivity index (χ1) is 16.5. The molecule has 7 nitrogen and oxygen atoms in total. The number of piperidine rings is 1. The van der Waals surface area contributed by atoms with Crippen LogP contribution in [0.1, 0.15) is 56.1 Å². The number of hydrogen-bond donors (Lipinski definition) is 2. The minimum absolute atomic E-state index is 0.0143. The summed E-state index contributed by atoms with van der Waals surface area (Å²) in [5, 5.41) is 12.0. The van der Waals surface area contributed by atoms with Crippen LogP contribution in [0.2, 0.25) is 0 Å². The molecule has 2 aliphatic rings. The lowest BCUT2D eigenvalue weighted by molar-refractivity contribution is -0.147. The molecule has 1 aliphatic heterocycles. The zero-order valence-corrected chi connectivity index (χ0v) is 19.5. The molecule has 1 heterocycles. The van der Waals surface area contributed by atoms with Crippen molar-refractivity contribution in [2.45, 2.75) is 51.0 Å². The fourth-order valence-corrected chi connectivity index (χ4v) is 5.04. The van der Waals surface area contributed by atoms with E-state index in [9.17, 15) is 19.5 Å². The van der Waals surface area contributed by atoms with Crippen LogP contribution in [0.15, 0.2) is 48.5 Å². The second kappa shape index (κ2) is 10.7. The molecule has 1 aliphatic carbocycles. The van der Waals surface area contributed by atoms with Crippen LogP contribution in [0.25, 0.3) is 11.1 Å². The number of aliphatic carboxylic acids is 1. The van der Waals surface area contributed by atoms with Gasteiger partial charge >= 0.3 is 12.1 Å². The Morgan fingerprint density at radius 3 is 2.29 bits per heavy atom. The molecule has 2 amide bonds. The smallest absolute Gasteiger partial charge is 0.407 e. The fourth-order valence-electron chi connectivity index (χ4n) is 5.04. The van der Waals surface area contributed by atoms with E-state index in [1.165, 1.54) is 22.3 Å². The van der Waals surface area contributed by atoms with Crippen LogP contribution in [0.4, 0.5) is 4.79 Å². The van der Waals surface area contributed by atoms with Crippen LogP contribution in [0.5, 0.6) is 0 Å². The molecule has 0 bridgehead atoms. The van der Waals surface area contributed by atoms with Gasteiger partial charge < -0.3 is 20.1 Å². The van der Waals surface area contributed by atoms with Crippen molar-refractivity contribution in [3.8, 4) is 11.1 Å². The third-order valence-corrected chi connectivity index (χ3v) is 6.98. The van der Waals surface area contributed by atoms with E-state index < -0.39 is 18.0 Å². The molecule has 2 aromatic carbocycles. The highest BCUT2D eigenvalue weighted by Crippen LogP contribution is 2.44. The maximum Gasteiger partial charge on any atom is 0.407 e. The number of nitrogens with zero attached hydrogens (tertiary/aromatic N) is 1. The van der Waals surface area contributed by atoms with Crippen molar-refractivity contribution in [3.63, 3.8) is 0 Å². The maximum absolute atomic E-state index is 12.5. The summed E-state index contributed by atoms with van der Waals surface area (Å²) in [6.45, 7) is 2.95. The summed E-state index contributed by atoms with van der Waals surface area (Å²) >= 11 is 0. The molecule has 0 aromatic heterocycles. The van der Waals surface area contributed by atoms with Gasteiger partial charge in [-0.15, -0.1) is 0 Å². The quantitative estimate of drug-likeness (QED) is 0.565. The average Bonchev–Trinajstić information content (AvgIpc) is 3.16. The Balaban J connectivity index is 1.18. The third-order valence-electron chi connectivity index (χ3n) is 6.98.